The maximum absolute atomic E-state index is 11.9. The summed E-state index contributed by atoms with van der Waals surface area (Å²) in [7, 11) is 0. The Kier molecular flexibility index (Phi) is 9.78. The number of nitrogens with zero attached hydrogens (tertiary/aromatic N) is 3. The Morgan fingerprint density at radius 1 is 1.33 bits per heavy atom. The molecule has 0 aliphatic heterocycles. The molecule has 0 aromatic carbocycles. The van der Waals surface area contributed by atoms with E-state index in [1.807, 2.05) is 18.5 Å². The maximum Gasteiger partial charge on any atom is 0.220 e. The zero-order chi connectivity index (χ0) is 17.8. The van der Waals surface area contributed by atoms with E-state index in [9.17, 15) is 4.79 Å². The summed E-state index contributed by atoms with van der Waals surface area (Å²) in [5.74, 6) is 0.0622. The minimum atomic E-state index is 0.0622. The van der Waals surface area contributed by atoms with Crippen molar-refractivity contribution in [2.75, 3.05) is 19.8 Å². The topological polar surface area (TPSA) is 79.9 Å². The van der Waals surface area contributed by atoms with Crippen LogP contribution in [0.25, 0.3) is 0 Å². The Bertz CT molecular complexity index is 546. The third kappa shape index (κ3) is 7.14. The van der Waals surface area contributed by atoms with Crippen LogP contribution in [-0.2, 0) is 22.5 Å². The molecule has 0 aliphatic rings. The number of amides is 1. The Morgan fingerprint density at radius 2 is 2.08 bits per heavy atom. The van der Waals surface area contributed by atoms with Crippen molar-refractivity contribution in [2.45, 2.75) is 65.8 Å². The number of nitrogens with one attached hydrogen (secondary N) is 1. The summed E-state index contributed by atoms with van der Waals surface area (Å²) in [5.41, 5.74) is 3.12. The van der Waals surface area contributed by atoms with Crippen LogP contribution in [0.15, 0.2) is 0 Å². The second kappa shape index (κ2) is 11.6. The van der Waals surface area contributed by atoms with E-state index in [0.29, 0.717) is 39.0 Å². The molecule has 1 amide bonds. The van der Waals surface area contributed by atoms with Gasteiger partial charge in [0.2, 0.25) is 5.91 Å². The van der Waals surface area contributed by atoms with Crippen LogP contribution in [0.1, 0.15) is 56.0 Å². The Balaban J connectivity index is 2.27. The normalized spacial score (nSPS) is 10.6. The van der Waals surface area contributed by atoms with Crippen LogP contribution < -0.4 is 5.32 Å². The molecule has 0 saturated carbocycles. The second-order valence-electron chi connectivity index (χ2n) is 5.95. The number of unbranched alkanes of at least 4 members (excludes halogenated alkanes) is 1. The highest BCUT2D eigenvalue weighted by Crippen LogP contribution is 2.15. The number of carbonyl (C=O) groups is 1. The molecule has 134 valence electrons. The van der Waals surface area contributed by atoms with Gasteiger partial charge in [-0.15, -0.1) is 0 Å². The number of aryl methyl sites for hydroxylation is 2. The van der Waals surface area contributed by atoms with Crippen LogP contribution in [0.3, 0.4) is 0 Å². The molecule has 6 heteroatoms. The summed E-state index contributed by atoms with van der Waals surface area (Å²) in [4.78, 5) is 11.9. The number of rotatable bonds is 12. The third-order valence-electron chi connectivity index (χ3n) is 4.00. The molecule has 0 atom stereocenters. The van der Waals surface area contributed by atoms with Crippen molar-refractivity contribution in [2.24, 2.45) is 0 Å². The summed E-state index contributed by atoms with van der Waals surface area (Å²) < 4.78 is 7.33. The molecule has 0 unspecified atom stereocenters. The van der Waals surface area contributed by atoms with Gasteiger partial charge in [0.05, 0.1) is 24.7 Å². The van der Waals surface area contributed by atoms with E-state index in [4.69, 9.17) is 10.00 Å². The van der Waals surface area contributed by atoms with E-state index >= 15 is 0 Å². The van der Waals surface area contributed by atoms with Crippen molar-refractivity contribution < 1.29 is 9.53 Å². The molecule has 0 spiro atoms. The number of carbonyl (C=O) groups excluding carboxylic acids is 1. The third-order valence-corrected chi connectivity index (χ3v) is 4.00. The fraction of sp³-hybridized carbons (Fsp3) is 0.722. The summed E-state index contributed by atoms with van der Waals surface area (Å²) in [6.45, 7) is 8.86. The fourth-order valence-corrected chi connectivity index (χ4v) is 2.55. The van der Waals surface area contributed by atoms with Crippen molar-refractivity contribution >= 4 is 5.91 Å². The molecule has 0 radical (unpaired) electrons. The Hall–Kier alpha value is -1.87. The van der Waals surface area contributed by atoms with Gasteiger partial charge in [0, 0.05) is 31.9 Å². The van der Waals surface area contributed by atoms with Gasteiger partial charge in [-0.05, 0) is 38.7 Å². The Morgan fingerprint density at radius 3 is 2.79 bits per heavy atom. The standard InChI is InChI=1S/C18H30N4O2/c1-4-5-13-24-14-7-11-20-18(23)9-8-17-15(2)21-22(16(17)3)12-6-10-19/h4-9,11-14H2,1-3H3,(H,20,23). The quantitative estimate of drug-likeness (QED) is 0.596. The molecule has 0 bridgehead atoms. The van der Waals surface area contributed by atoms with Crippen LogP contribution in [0, 0.1) is 25.2 Å². The van der Waals surface area contributed by atoms with Gasteiger partial charge in [-0.1, -0.05) is 13.3 Å². The summed E-state index contributed by atoms with van der Waals surface area (Å²) in [6, 6.07) is 2.13. The van der Waals surface area contributed by atoms with Crippen LogP contribution in [0.5, 0.6) is 0 Å². The van der Waals surface area contributed by atoms with Crippen LogP contribution >= 0.6 is 0 Å². The lowest BCUT2D eigenvalue weighted by atomic mass is 10.1. The van der Waals surface area contributed by atoms with E-state index in [1.54, 1.807) is 0 Å². The van der Waals surface area contributed by atoms with Crippen molar-refractivity contribution in [3.8, 4) is 6.07 Å². The van der Waals surface area contributed by atoms with Gasteiger partial charge < -0.3 is 10.1 Å². The van der Waals surface area contributed by atoms with Crippen molar-refractivity contribution in [3.63, 3.8) is 0 Å². The molecule has 0 fully saturated rings. The van der Waals surface area contributed by atoms with Crippen LogP contribution in [0.4, 0.5) is 0 Å². The zero-order valence-electron chi connectivity index (χ0n) is 15.2. The van der Waals surface area contributed by atoms with E-state index < -0.39 is 0 Å². The molecular formula is C18H30N4O2. The van der Waals surface area contributed by atoms with Gasteiger partial charge in [0.25, 0.3) is 0 Å². The number of hydrogen-bond donors (Lipinski definition) is 1. The van der Waals surface area contributed by atoms with Gasteiger partial charge in [-0.2, -0.15) is 10.4 Å². The first kappa shape index (κ1) is 20.2. The van der Waals surface area contributed by atoms with E-state index in [1.165, 1.54) is 0 Å². The molecular weight excluding hydrogens is 304 g/mol. The highest BCUT2D eigenvalue weighted by Gasteiger charge is 2.12. The average molecular weight is 334 g/mol. The van der Waals surface area contributed by atoms with Gasteiger partial charge >= 0.3 is 0 Å². The van der Waals surface area contributed by atoms with Crippen molar-refractivity contribution in [1.82, 2.24) is 15.1 Å². The number of hydrogen-bond acceptors (Lipinski definition) is 4. The molecule has 1 aromatic heterocycles. The van der Waals surface area contributed by atoms with E-state index in [0.717, 1.165) is 42.8 Å². The lowest BCUT2D eigenvalue weighted by molar-refractivity contribution is -0.121. The average Bonchev–Trinajstić information content (AvgIpc) is 2.84. The van der Waals surface area contributed by atoms with Gasteiger partial charge in [0.15, 0.2) is 0 Å². The number of ether oxygens (including phenoxy) is 1. The first-order valence-corrected chi connectivity index (χ1v) is 8.84. The predicted octanol–water partition coefficient (Wildman–Crippen LogP) is 2.67. The molecule has 1 aromatic rings. The monoisotopic (exact) mass is 334 g/mol. The molecule has 24 heavy (non-hydrogen) atoms. The minimum absolute atomic E-state index is 0.0622. The fourth-order valence-electron chi connectivity index (χ4n) is 2.55. The molecule has 1 N–H and O–H groups in total. The summed E-state index contributed by atoms with van der Waals surface area (Å²) >= 11 is 0. The van der Waals surface area contributed by atoms with Crippen molar-refractivity contribution in [1.29, 1.82) is 5.26 Å². The van der Waals surface area contributed by atoms with Crippen LogP contribution in [-0.4, -0.2) is 35.4 Å². The van der Waals surface area contributed by atoms with Crippen molar-refractivity contribution in [3.05, 3.63) is 17.0 Å². The van der Waals surface area contributed by atoms with Gasteiger partial charge in [-0.3, -0.25) is 9.48 Å². The highest BCUT2D eigenvalue weighted by molar-refractivity contribution is 5.76. The van der Waals surface area contributed by atoms with E-state index in [2.05, 4.69) is 23.4 Å². The smallest absolute Gasteiger partial charge is 0.220 e. The summed E-state index contributed by atoms with van der Waals surface area (Å²) in [5, 5.41) is 16.1. The first-order chi connectivity index (χ1) is 11.6. The number of nitriles is 1. The minimum Gasteiger partial charge on any atom is -0.381 e. The van der Waals surface area contributed by atoms with Gasteiger partial charge in [-0.25, -0.2) is 0 Å². The number of aromatic nitrogens is 2. The first-order valence-electron chi connectivity index (χ1n) is 8.84. The lowest BCUT2D eigenvalue weighted by Gasteiger charge is -2.07. The molecule has 0 aliphatic carbocycles. The predicted molar refractivity (Wildman–Crippen MR) is 93.6 cm³/mol. The zero-order valence-corrected chi connectivity index (χ0v) is 15.2. The maximum atomic E-state index is 11.9. The summed E-state index contributed by atoms with van der Waals surface area (Å²) in [6.07, 6.45) is 4.67. The molecule has 1 heterocycles. The van der Waals surface area contributed by atoms with Gasteiger partial charge in [0.1, 0.15) is 0 Å². The highest BCUT2D eigenvalue weighted by atomic mass is 16.5. The molecule has 0 saturated heterocycles. The molecule has 1 rings (SSSR count). The van der Waals surface area contributed by atoms with E-state index in [-0.39, 0.29) is 5.91 Å². The second-order valence-corrected chi connectivity index (χ2v) is 5.95. The Labute approximate surface area is 145 Å². The molecule has 6 nitrogen and oxygen atoms in total. The van der Waals surface area contributed by atoms with Crippen LogP contribution in [0.2, 0.25) is 0 Å². The lowest BCUT2D eigenvalue weighted by Crippen LogP contribution is -2.25. The largest absolute Gasteiger partial charge is 0.381 e. The SMILES string of the molecule is CCCCOCCCNC(=O)CCc1c(C)nn(CCC#N)c1C.